The van der Waals surface area contributed by atoms with Crippen molar-refractivity contribution in [3.63, 3.8) is 0 Å². The van der Waals surface area contributed by atoms with Crippen molar-refractivity contribution in [2.75, 3.05) is 6.54 Å². The molecule has 1 saturated carbocycles. The van der Waals surface area contributed by atoms with Crippen LogP contribution in [-0.2, 0) is 11.3 Å². The van der Waals surface area contributed by atoms with Crippen molar-refractivity contribution >= 4 is 11.9 Å². The number of para-hydroxylation sites is 1. The fourth-order valence-electron chi connectivity index (χ4n) is 3.08. The van der Waals surface area contributed by atoms with Gasteiger partial charge in [-0.05, 0) is 25.3 Å². The lowest BCUT2D eigenvalue weighted by molar-refractivity contribution is -0.121. The van der Waals surface area contributed by atoms with E-state index in [0.717, 1.165) is 25.7 Å². The number of nitrogens with one attached hydrogen (secondary N) is 3. The van der Waals surface area contributed by atoms with Gasteiger partial charge in [-0.3, -0.25) is 4.79 Å². The average Bonchev–Trinajstić information content (AvgIpc) is 2.65. The van der Waals surface area contributed by atoms with E-state index in [2.05, 4.69) is 20.7 Å². The number of benzene rings is 1. The first-order valence-electron chi connectivity index (χ1n) is 9.38. The molecule has 0 heterocycles. The molecule has 0 radical (unpaired) electrons. The molecule has 1 aromatic carbocycles. The van der Waals surface area contributed by atoms with Gasteiger partial charge in [0, 0.05) is 31.1 Å². The lowest BCUT2D eigenvalue weighted by atomic mass is 9.96. The Morgan fingerprint density at radius 2 is 1.85 bits per heavy atom. The van der Waals surface area contributed by atoms with Gasteiger partial charge in [-0.2, -0.15) is 8.78 Å². The minimum absolute atomic E-state index is 0.0499. The molecule has 1 fully saturated rings. The zero-order valence-corrected chi connectivity index (χ0v) is 15.3. The summed E-state index contributed by atoms with van der Waals surface area (Å²) in [6, 6.07) is 6.39. The zero-order valence-electron chi connectivity index (χ0n) is 15.3. The normalized spacial score (nSPS) is 14.6. The second-order valence-corrected chi connectivity index (χ2v) is 6.60. The third-order valence-corrected chi connectivity index (χ3v) is 4.47. The molecule has 1 aliphatic rings. The zero-order chi connectivity index (χ0) is 19.5. The van der Waals surface area contributed by atoms with Gasteiger partial charge in [0.1, 0.15) is 5.75 Å². The minimum Gasteiger partial charge on any atom is -0.434 e. The minimum atomic E-state index is -2.91. The first kappa shape index (κ1) is 20.9. The molecular formula is C19H27F2N3O3. The number of rotatable bonds is 9. The van der Waals surface area contributed by atoms with Gasteiger partial charge in [-0.25, -0.2) is 4.79 Å². The van der Waals surface area contributed by atoms with Crippen molar-refractivity contribution in [2.45, 2.75) is 64.1 Å². The molecule has 0 aromatic heterocycles. The van der Waals surface area contributed by atoms with Crippen molar-refractivity contribution in [3.8, 4) is 5.75 Å². The topological polar surface area (TPSA) is 79.5 Å². The van der Waals surface area contributed by atoms with E-state index in [4.69, 9.17) is 0 Å². The van der Waals surface area contributed by atoms with Crippen LogP contribution in [0.4, 0.5) is 13.6 Å². The summed E-state index contributed by atoms with van der Waals surface area (Å²) < 4.78 is 29.2. The van der Waals surface area contributed by atoms with Gasteiger partial charge < -0.3 is 20.7 Å². The smallest absolute Gasteiger partial charge is 0.387 e. The predicted molar refractivity (Wildman–Crippen MR) is 97.6 cm³/mol. The van der Waals surface area contributed by atoms with E-state index in [1.54, 1.807) is 18.2 Å². The molecule has 6 nitrogen and oxygen atoms in total. The Hall–Kier alpha value is -2.38. The highest BCUT2D eigenvalue weighted by Gasteiger charge is 2.15. The van der Waals surface area contributed by atoms with E-state index in [1.807, 2.05) is 0 Å². The summed E-state index contributed by atoms with van der Waals surface area (Å²) in [4.78, 5) is 23.7. The van der Waals surface area contributed by atoms with Crippen LogP contribution in [0.5, 0.6) is 5.75 Å². The van der Waals surface area contributed by atoms with E-state index >= 15 is 0 Å². The summed E-state index contributed by atoms with van der Waals surface area (Å²) in [7, 11) is 0. The van der Waals surface area contributed by atoms with Crippen LogP contribution in [0.15, 0.2) is 24.3 Å². The average molecular weight is 383 g/mol. The van der Waals surface area contributed by atoms with Gasteiger partial charge in [0.05, 0.1) is 0 Å². The van der Waals surface area contributed by atoms with E-state index in [0.29, 0.717) is 18.5 Å². The number of ether oxygens (including phenoxy) is 1. The Balaban J connectivity index is 1.60. The maximum absolute atomic E-state index is 12.4. The van der Waals surface area contributed by atoms with Crippen LogP contribution in [0, 0.1) is 0 Å². The van der Waals surface area contributed by atoms with Crippen molar-refractivity contribution in [2.24, 2.45) is 0 Å². The van der Waals surface area contributed by atoms with Crippen molar-refractivity contribution in [3.05, 3.63) is 29.8 Å². The first-order valence-corrected chi connectivity index (χ1v) is 9.38. The van der Waals surface area contributed by atoms with Crippen LogP contribution in [0.3, 0.4) is 0 Å². The molecule has 150 valence electrons. The Morgan fingerprint density at radius 3 is 2.59 bits per heavy atom. The van der Waals surface area contributed by atoms with Crippen LogP contribution in [0.2, 0.25) is 0 Å². The predicted octanol–water partition coefficient (Wildman–Crippen LogP) is 3.32. The van der Waals surface area contributed by atoms with Crippen LogP contribution >= 0.6 is 0 Å². The molecule has 3 amide bonds. The van der Waals surface area contributed by atoms with Gasteiger partial charge >= 0.3 is 12.6 Å². The summed E-state index contributed by atoms with van der Waals surface area (Å²) in [6.07, 6.45) is 6.31. The highest BCUT2D eigenvalue weighted by molar-refractivity contribution is 5.76. The number of urea groups is 1. The fourth-order valence-corrected chi connectivity index (χ4v) is 3.08. The molecular weight excluding hydrogens is 356 g/mol. The molecule has 0 atom stereocenters. The van der Waals surface area contributed by atoms with E-state index in [1.165, 1.54) is 12.5 Å². The van der Waals surface area contributed by atoms with Gasteiger partial charge in [-0.15, -0.1) is 0 Å². The van der Waals surface area contributed by atoms with Gasteiger partial charge in [0.25, 0.3) is 0 Å². The molecule has 0 bridgehead atoms. The molecule has 0 unspecified atom stereocenters. The third-order valence-electron chi connectivity index (χ3n) is 4.47. The number of hydrogen-bond acceptors (Lipinski definition) is 3. The lowest BCUT2D eigenvalue weighted by Gasteiger charge is -2.22. The summed E-state index contributed by atoms with van der Waals surface area (Å²) >= 11 is 0. The molecule has 0 aliphatic heterocycles. The maximum atomic E-state index is 12.4. The Labute approximate surface area is 158 Å². The van der Waals surface area contributed by atoms with Crippen molar-refractivity contribution in [1.82, 2.24) is 16.0 Å². The molecule has 27 heavy (non-hydrogen) atoms. The molecule has 0 spiro atoms. The Bertz CT molecular complexity index is 608. The van der Waals surface area contributed by atoms with Gasteiger partial charge in [0.15, 0.2) is 0 Å². The summed E-state index contributed by atoms with van der Waals surface area (Å²) in [5, 5.41) is 8.38. The van der Waals surface area contributed by atoms with Crippen molar-refractivity contribution in [1.29, 1.82) is 0 Å². The Kier molecular flexibility index (Phi) is 8.80. The van der Waals surface area contributed by atoms with Crippen LogP contribution in [0.1, 0.15) is 50.5 Å². The SMILES string of the molecule is O=C(CCCNC(=O)NC1CCCCC1)NCc1ccccc1OC(F)F. The lowest BCUT2D eigenvalue weighted by Crippen LogP contribution is -2.43. The number of carbonyl (C=O) groups excluding carboxylic acids is 2. The van der Waals surface area contributed by atoms with Crippen molar-refractivity contribution < 1.29 is 23.1 Å². The summed E-state index contributed by atoms with van der Waals surface area (Å²) in [5.41, 5.74) is 0.483. The molecule has 8 heteroatoms. The summed E-state index contributed by atoms with van der Waals surface area (Å²) in [5.74, 6) is -0.162. The number of alkyl halides is 2. The number of carbonyl (C=O) groups is 2. The standard InChI is InChI=1S/C19H27F2N3O3/c20-18(21)27-16-10-5-4-7-14(16)13-23-17(25)11-6-12-22-19(26)24-15-8-2-1-3-9-15/h4-5,7,10,15,18H,1-3,6,8-9,11-13H2,(H,23,25)(H2,22,24,26). The van der Waals surface area contributed by atoms with E-state index in [-0.39, 0.29) is 36.7 Å². The highest BCUT2D eigenvalue weighted by atomic mass is 19.3. The second kappa shape index (κ2) is 11.4. The van der Waals surface area contributed by atoms with Gasteiger partial charge in [0.2, 0.25) is 5.91 Å². The number of amides is 3. The molecule has 3 N–H and O–H groups in total. The largest absolute Gasteiger partial charge is 0.434 e. The Morgan fingerprint density at radius 1 is 1.11 bits per heavy atom. The molecule has 2 rings (SSSR count). The third kappa shape index (κ3) is 8.23. The van der Waals surface area contributed by atoms with Crippen LogP contribution in [0.25, 0.3) is 0 Å². The van der Waals surface area contributed by atoms with Gasteiger partial charge in [-0.1, -0.05) is 37.5 Å². The number of hydrogen-bond donors (Lipinski definition) is 3. The highest BCUT2D eigenvalue weighted by Crippen LogP contribution is 2.20. The fraction of sp³-hybridized carbons (Fsp3) is 0.579. The van der Waals surface area contributed by atoms with Crippen LogP contribution < -0.4 is 20.7 Å². The quantitative estimate of drug-likeness (QED) is 0.573. The van der Waals surface area contributed by atoms with E-state index in [9.17, 15) is 18.4 Å². The van der Waals surface area contributed by atoms with Crippen LogP contribution in [-0.4, -0.2) is 31.1 Å². The molecule has 1 aliphatic carbocycles. The van der Waals surface area contributed by atoms with E-state index < -0.39 is 6.61 Å². The molecule has 1 aromatic rings. The first-order chi connectivity index (χ1) is 13.0. The summed E-state index contributed by atoms with van der Waals surface area (Å²) in [6.45, 7) is -2.40. The molecule has 0 saturated heterocycles. The second-order valence-electron chi connectivity index (χ2n) is 6.60. The monoisotopic (exact) mass is 383 g/mol. The maximum Gasteiger partial charge on any atom is 0.387 e. The number of halogens is 2.